The minimum Gasteiger partial charge on any atom is -0.375 e. The van der Waals surface area contributed by atoms with E-state index < -0.39 is 10.2 Å². The number of halogens is 1. The van der Waals surface area contributed by atoms with Crippen molar-refractivity contribution in [3.05, 3.63) is 11.7 Å². The van der Waals surface area contributed by atoms with Gasteiger partial charge in [0.15, 0.2) is 5.82 Å². The monoisotopic (exact) mass is 395 g/mol. The van der Waals surface area contributed by atoms with Crippen molar-refractivity contribution in [2.45, 2.75) is 32.0 Å². The summed E-state index contributed by atoms with van der Waals surface area (Å²) < 4.78 is 38.5. The number of hydrogen-bond donors (Lipinski definition) is 1. The van der Waals surface area contributed by atoms with Gasteiger partial charge < -0.3 is 9.26 Å². The highest BCUT2D eigenvalue weighted by Gasteiger charge is 2.44. The Bertz CT molecular complexity index is 664. The smallest absolute Gasteiger partial charge is 0.279 e. The van der Waals surface area contributed by atoms with Gasteiger partial charge in [0.2, 0.25) is 0 Å². The summed E-state index contributed by atoms with van der Waals surface area (Å²) in [7, 11) is 1.23. The molecular weight excluding hydrogens is 370 g/mol. The van der Waals surface area contributed by atoms with E-state index in [4.69, 9.17) is 9.26 Å². The highest BCUT2D eigenvalue weighted by molar-refractivity contribution is 7.87. The predicted octanol–water partition coefficient (Wildman–Crippen LogP) is 0.244. The summed E-state index contributed by atoms with van der Waals surface area (Å²) in [6.07, 6.45) is 2.36. The second kappa shape index (κ2) is 8.28. The lowest BCUT2D eigenvalue weighted by atomic mass is 9.99. The Labute approximate surface area is 154 Å². The Hall–Kier alpha value is -0.780. The van der Waals surface area contributed by atoms with Gasteiger partial charge in [0, 0.05) is 40.3 Å². The van der Waals surface area contributed by atoms with Gasteiger partial charge in [-0.2, -0.15) is 22.4 Å². The van der Waals surface area contributed by atoms with Crippen LogP contribution in [-0.2, 0) is 28.1 Å². The summed E-state index contributed by atoms with van der Waals surface area (Å²) in [5.74, 6) is 2.01. The van der Waals surface area contributed by atoms with Crippen LogP contribution in [0.15, 0.2) is 4.52 Å². The fourth-order valence-corrected chi connectivity index (χ4v) is 4.05. The summed E-state index contributed by atoms with van der Waals surface area (Å²) in [6.45, 7) is 2.35. The van der Waals surface area contributed by atoms with Crippen LogP contribution in [0.5, 0.6) is 0 Å². The Morgan fingerprint density at radius 3 is 2.68 bits per heavy atom. The topological polar surface area (TPSA) is 101 Å². The van der Waals surface area contributed by atoms with E-state index in [1.165, 1.54) is 31.2 Å². The summed E-state index contributed by atoms with van der Waals surface area (Å²) in [6, 6.07) is -0.0738. The molecule has 2 atom stereocenters. The maximum Gasteiger partial charge on any atom is 0.279 e. The first-order valence-electron chi connectivity index (χ1n) is 8.11. The normalized spacial score (nSPS) is 24.6. The van der Waals surface area contributed by atoms with Crippen molar-refractivity contribution < 1.29 is 17.7 Å². The van der Waals surface area contributed by atoms with E-state index in [0.29, 0.717) is 43.2 Å². The molecule has 0 bridgehead atoms. The van der Waals surface area contributed by atoms with Crippen LogP contribution >= 0.6 is 12.4 Å². The molecule has 3 rings (SSSR count). The van der Waals surface area contributed by atoms with Crippen LogP contribution < -0.4 is 4.72 Å². The molecule has 2 heterocycles. The molecule has 25 heavy (non-hydrogen) atoms. The zero-order valence-electron chi connectivity index (χ0n) is 14.7. The van der Waals surface area contributed by atoms with Crippen molar-refractivity contribution in [3.63, 3.8) is 0 Å². The molecule has 11 heteroatoms. The molecule has 1 aromatic heterocycles. The average molecular weight is 396 g/mol. The van der Waals surface area contributed by atoms with Gasteiger partial charge in [-0.1, -0.05) is 5.16 Å². The van der Waals surface area contributed by atoms with E-state index in [9.17, 15) is 8.42 Å². The van der Waals surface area contributed by atoms with E-state index in [-0.39, 0.29) is 18.4 Å². The first-order valence-corrected chi connectivity index (χ1v) is 9.55. The quantitative estimate of drug-likeness (QED) is 0.673. The Morgan fingerprint density at radius 1 is 1.36 bits per heavy atom. The van der Waals surface area contributed by atoms with Gasteiger partial charge in [-0.15, -0.1) is 12.4 Å². The number of likely N-dealkylation sites (tertiary alicyclic amines) is 1. The number of hydrogen-bond acceptors (Lipinski definition) is 7. The molecule has 2 fully saturated rings. The minimum absolute atomic E-state index is 0. The zero-order valence-corrected chi connectivity index (χ0v) is 16.3. The number of ether oxygens (including phenoxy) is 1. The fraction of sp³-hybridized carbons (Fsp3) is 0.857. The molecule has 1 aliphatic heterocycles. The van der Waals surface area contributed by atoms with Crippen molar-refractivity contribution in [1.82, 2.24) is 24.1 Å². The van der Waals surface area contributed by atoms with Gasteiger partial charge >= 0.3 is 0 Å². The van der Waals surface area contributed by atoms with E-state index in [2.05, 4.69) is 19.8 Å². The SMILES string of the molecule is COCc1nc(CN2C[C@H](NS(=O)(=O)N(C)C)[C@@H](C3CC3)C2)no1.Cl. The number of methoxy groups -OCH3 is 1. The molecule has 2 aliphatic rings. The largest absolute Gasteiger partial charge is 0.375 e. The lowest BCUT2D eigenvalue weighted by Crippen LogP contribution is -2.46. The molecule has 0 aromatic carbocycles. The van der Waals surface area contributed by atoms with Crippen molar-refractivity contribution in [2.24, 2.45) is 11.8 Å². The number of nitrogens with zero attached hydrogens (tertiary/aromatic N) is 4. The minimum atomic E-state index is -3.43. The molecule has 0 radical (unpaired) electrons. The highest BCUT2D eigenvalue weighted by Crippen LogP contribution is 2.41. The summed E-state index contributed by atoms with van der Waals surface area (Å²) in [4.78, 5) is 6.47. The van der Waals surface area contributed by atoms with Crippen LogP contribution in [-0.4, -0.2) is 68.1 Å². The third-order valence-corrected chi connectivity index (χ3v) is 6.15. The van der Waals surface area contributed by atoms with Crippen LogP contribution in [0.25, 0.3) is 0 Å². The van der Waals surface area contributed by atoms with Gasteiger partial charge in [-0.3, -0.25) is 4.90 Å². The third kappa shape index (κ3) is 5.11. The molecule has 144 valence electrons. The maximum absolute atomic E-state index is 12.2. The zero-order chi connectivity index (χ0) is 17.3. The summed E-state index contributed by atoms with van der Waals surface area (Å²) in [5, 5.41) is 3.96. The van der Waals surface area contributed by atoms with E-state index in [1.54, 1.807) is 7.11 Å². The predicted molar refractivity (Wildman–Crippen MR) is 93.3 cm³/mol. The second-order valence-electron chi connectivity index (χ2n) is 6.74. The van der Waals surface area contributed by atoms with Gasteiger partial charge in [0.1, 0.15) is 6.61 Å². The maximum atomic E-state index is 12.2. The highest BCUT2D eigenvalue weighted by atomic mass is 35.5. The number of aromatic nitrogens is 2. The average Bonchev–Trinajstić information content (AvgIpc) is 3.14. The van der Waals surface area contributed by atoms with Gasteiger partial charge in [-0.25, -0.2) is 0 Å². The number of rotatable bonds is 8. The van der Waals surface area contributed by atoms with Crippen LogP contribution in [0.4, 0.5) is 0 Å². The molecule has 0 amide bonds. The van der Waals surface area contributed by atoms with Crippen molar-refractivity contribution in [1.29, 1.82) is 0 Å². The van der Waals surface area contributed by atoms with Crippen molar-refractivity contribution in [3.8, 4) is 0 Å². The molecule has 1 N–H and O–H groups in total. The van der Waals surface area contributed by atoms with E-state index in [0.717, 1.165) is 6.54 Å². The van der Waals surface area contributed by atoms with E-state index in [1.807, 2.05) is 0 Å². The Morgan fingerprint density at radius 2 is 2.08 bits per heavy atom. The van der Waals surface area contributed by atoms with Crippen LogP contribution in [0, 0.1) is 11.8 Å². The molecule has 0 unspecified atom stereocenters. The second-order valence-corrected chi connectivity index (χ2v) is 8.66. The van der Waals surface area contributed by atoms with Crippen molar-refractivity contribution in [2.75, 3.05) is 34.3 Å². The lowest BCUT2D eigenvalue weighted by molar-refractivity contribution is 0.151. The molecule has 0 spiro atoms. The van der Waals surface area contributed by atoms with Gasteiger partial charge in [0.05, 0.1) is 6.54 Å². The number of nitrogens with one attached hydrogen (secondary N) is 1. The van der Waals surface area contributed by atoms with Gasteiger partial charge in [0.25, 0.3) is 16.1 Å². The van der Waals surface area contributed by atoms with Crippen LogP contribution in [0.3, 0.4) is 0 Å². The molecular formula is C14H26ClN5O4S. The third-order valence-electron chi connectivity index (χ3n) is 4.59. The first kappa shape index (κ1) is 20.5. The summed E-state index contributed by atoms with van der Waals surface area (Å²) >= 11 is 0. The van der Waals surface area contributed by atoms with Crippen LogP contribution in [0.2, 0.25) is 0 Å². The van der Waals surface area contributed by atoms with Crippen LogP contribution in [0.1, 0.15) is 24.6 Å². The summed E-state index contributed by atoms with van der Waals surface area (Å²) in [5.41, 5.74) is 0. The molecule has 1 saturated carbocycles. The standard InChI is InChI=1S/C14H25N5O4S.ClH/c1-18(2)24(20,21)17-12-7-19(6-11(12)10-4-5-10)8-13-15-14(9-22-3)23-16-13;/h10-12,17H,4-9H2,1-3H3;1H/t11-,12+;/m1./s1. The lowest BCUT2D eigenvalue weighted by Gasteiger charge is -2.21. The molecule has 9 nitrogen and oxygen atoms in total. The van der Waals surface area contributed by atoms with Gasteiger partial charge in [-0.05, 0) is 24.7 Å². The Balaban J connectivity index is 0.00000225. The fourth-order valence-electron chi connectivity index (χ4n) is 3.20. The molecule has 1 aliphatic carbocycles. The molecule has 1 aromatic rings. The first-order chi connectivity index (χ1) is 11.4. The van der Waals surface area contributed by atoms with Crippen molar-refractivity contribution >= 4 is 22.6 Å². The Kier molecular flexibility index (Phi) is 6.80. The molecule has 1 saturated heterocycles. The van der Waals surface area contributed by atoms with E-state index >= 15 is 0 Å².